The average Bonchev–Trinajstić information content (AvgIpc) is 2.68. The Hall–Kier alpha value is -1.78. The molecule has 2 aromatic heterocycles. The Kier molecular flexibility index (Phi) is 7.07. The van der Waals surface area contributed by atoms with E-state index in [1.807, 2.05) is 12.1 Å². The van der Waals surface area contributed by atoms with Gasteiger partial charge in [0.25, 0.3) is 0 Å². The largest absolute Gasteiger partial charge is 0.476 e. The first-order chi connectivity index (χ1) is 13.8. The van der Waals surface area contributed by atoms with Crippen molar-refractivity contribution in [2.75, 3.05) is 6.61 Å². The van der Waals surface area contributed by atoms with Crippen molar-refractivity contribution in [2.24, 2.45) is 5.14 Å². The van der Waals surface area contributed by atoms with Gasteiger partial charge in [0.1, 0.15) is 15.2 Å². The lowest BCUT2D eigenvalue weighted by Gasteiger charge is -2.13. The molecule has 0 saturated carbocycles. The highest BCUT2D eigenvalue weighted by molar-refractivity contribution is 9.10. The molecule has 0 radical (unpaired) electrons. The molecule has 0 saturated heterocycles. The Morgan fingerprint density at radius 1 is 1.14 bits per heavy atom. The molecule has 1 aromatic carbocycles. The summed E-state index contributed by atoms with van der Waals surface area (Å²) in [5, 5.41) is 4.97. The van der Waals surface area contributed by atoms with Crippen LogP contribution in [0.1, 0.15) is 12.0 Å². The number of pyridine rings is 1. The Morgan fingerprint density at radius 2 is 1.93 bits per heavy atom. The minimum Gasteiger partial charge on any atom is -0.476 e. The van der Waals surface area contributed by atoms with Gasteiger partial charge in [0.2, 0.25) is 15.9 Å². The molecule has 0 unspecified atom stereocenters. The maximum Gasteiger partial charge on any atom is 0.241 e. The third-order valence-corrected chi connectivity index (χ3v) is 6.22. The minimum absolute atomic E-state index is 0.00461. The molecule has 0 aliphatic carbocycles. The van der Waals surface area contributed by atoms with Crippen LogP contribution in [0.3, 0.4) is 0 Å². The molecule has 0 amide bonds. The molecule has 2 N–H and O–H groups in total. The lowest BCUT2D eigenvalue weighted by atomic mass is 10.1. The summed E-state index contributed by atoms with van der Waals surface area (Å²) >= 11 is 15.7. The SMILES string of the molecule is NS(=O)(=O)c1ccc(-c2ncc(Br)nc2OCCCc2cccnc2)c(Cl)c1Cl. The molecule has 0 aliphatic heterocycles. The van der Waals surface area contributed by atoms with Crippen LogP contribution >= 0.6 is 39.1 Å². The number of primary sulfonamides is 1. The van der Waals surface area contributed by atoms with Gasteiger partial charge < -0.3 is 4.74 Å². The highest BCUT2D eigenvalue weighted by Crippen LogP contribution is 2.39. The Labute approximate surface area is 186 Å². The van der Waals surface area contributed by atoms with Gasteiger partial charge in [-0.3, -0.25) is 4.98 Å². The number of sulfonamides is 1. The summed E-state index contributed by atoms with van der Waals surface area (Å²) < 4.78 is 29.6. The smallest absolute Gasteiger partial charge is 0.241 e. The van der Waals surface area contributed by atoms with Crippen LogP contribution in [0.5, 0.6) is 5.88 Å². The first kappa shape index (κ1) is 21.9. The Morgan fingerprint density at radius 3 is 2.62 bits per heavy atom. The molecular formula is C18H15BrCl2N4O3S. The van der Waals surface area contributed by atoms with Gasteiger partial charge in [-0.25, -0.2) is 23.5 Å². The highest BCUT2D eigenvalue weighted by Gasteiger charge is 2.21. The van der Waals surface area contributed by atoms with E-state index in [2.05, 4.69) is 30.9 Å². The molecule has 3 aromatic rings. The van der Waals surface area contributed by atoms with Crippen LogP contribution in [-0.4, -0.2) is 30.0 Å². The van der Waals surface area contributed by atoms with Crippen LogP contribution in [0.15, 0.2) is 52.4 Å². The van der Waals surface area contributed by atoms with E-state index in [-0.39, 0.29) is 20.8 Å². The summed E-state index contributed by atoms with van der Waals surface area (Å²) in [5.74, 6) is 0.242. The van der Waals surface area contributed by atoms with Crippen LogP contribution in [0.25, 0.3) is 11.3 Å². The molecule has 152 valence electrons. The van der Waals surface area contributed by atoms with Crippen molar-refractivity contribution in [1.29, 1.82) is 0 Å². The van der Waals surface area contributed by atoms with Gasteiger partial charge in [-0.2, -0.15) is 0 Å². The third kappa shape index (κ3) is 5.43. The van der Waals surface area contributed by atoms with Gasteiger partial charge >= 0.3 is 0 Å². The van der Waals surface area contributed by atoms with Crippen molar-refractivity contribution in [3.05, 3.63) is 63.1 Å². The molecule has 11 heteroatoms. The van der Waals surface area contributed by atoms with Gasteiger partial charge in [-0.05, 0) is 52.5 Å². The molecule has 0 aliphatic rings. The van der Waals surface area contributed by atoms with Crippen LogP contribution < -0.4 is 9.88 Å². The lowest BCUT2D eigenvalue weighted by molar-refractivity contribution is 0.299. The summed E-state index contributed by atoms with van der Waals surface area (Å²) in [6.45, 7) is 0.383. The number of nitrogens with two attached hydrogens (primary N) is 1. The molecule has 7 nitrogen and oxygen atoms in total. The van der Waals surface area contributed by atoms with Crippen LogP contribution in [0.4, 0.5) is 0 Å². The van der Waals surface area contributed by atoms with Crippen molar-refractivity contribution in [1.82, 2.24) is 15.0 Å². The van der Waals surface area contributed by atoms with Gasteiger partial charge in [-0.1, -0.05) is 29.3 Å². The summed E-state index contributed by atoms with van der Waals surface area (Å²) in [6, 6.07) is 6.61. The number of rotatable bonds is 7. The molecular weight excluding hydrogens is 503 g/mol. The quantitative estimate of drug-likeness (QED) is 0.469. The van der Waals surface area contributed by atoms with Gasteiger partial charge in [0, 0.05) is 18.0 Å². The zero-order valence-electron chi connectivity index (χ0n) is 14.8. The summed E-state index contributed by atoms with van der Waals surface area (Å²) in [4.78, 5) is 12.4. The predicted molar refractivity (Wildman–Crippen MR) is 115 cm³/mol. The normalized spacial score (nSPS) is 11.4. The average molecular weight is 518 g/mol. The fourth-order valence-corrected chi connectivity index (χ4v) is 4.23. The van der Waals surface area contributed by atoms with Gasteiger partial charge in [-0.15, -0.1) is 0 Å². The van der Waals surface area contributed by atoms with E-state index in [4.69, 9.17) is 33.1 Å². The number of benzene rings is 1. The maximum atomic E-state index is 11.6. The topological polar surface area (TPSA) is 108 Å². The van der Waals surface area contributed by atoms with Crippen molar-refractivity contribution in [3.8, 4) is 17.1 Å². The number of aromatic nitrogens is 3. The fourth-order valence-electron chi connectivity index (χ4n) is 2.56. The molecule has 29 heavy (non-hydrogen) atoms. The molecule has 0 spiro atoms. The first-order valence-corrected chi connectivity index (χ1v) is 11.4. The first-order valence-electron chi connectivity index (χ1n) is 8.33. The van der Waals surface area contributed by atoms with Gasteiger partial charge in [0.05, 0.1) is 22.8 Å². The number of halogens is 3. The number of hydrogen-bond acceptors (Lipinski definition) is 6. The van der Waals surface area contributed by atoms with Crippen molar-refractivity contribution in [2.45, 2.75) is 17.7 Å². The van der Waals surface area contributed by atoms with E-state index < -0.39 is 10.0 Å². The molecule has 0 atom stereocenters. The number of aryl methyl sites for hydroxylation is 1. The number of nitrogens with zero attached hydrogens (tertiary/aromatic N) is 3. The second-order valence-corrected chi connectivity index (χ2v) is 9.04. The molecule has 0 bridgehead atoms. The molecule has 0 fully saturated rings. The Balaban J connectivity index is 1.84. The number of hydrogen-bond donors (Lipinski definition) is 1. The van der Waals surface area contributed by atoms with E-state index in [1.165, 1.54) is 18.3 Å². The summed E-state index contributed by atoms with van der Waals surface area (Å²) in [5.41, 5.74) is 1.82. The van der Waals surface area contributed by atoms with E-state index >= 15 is 0 Å². The van der Waals surface area contributed by atoms with E-state index in [9.17, 15) is 8.42 Å². The van der Waals surface area contributed by atoms with Crippen LogP contribution in [0, 0.1) is 0 Å². The van der Waals surface area contributed by atoms with E-state index in [0.29, 0.717) is 22.5 Å². The lowest BCUT2D eigenvalue weighted by Crippen LogP contribution is -2.13. The minimum atomic E-state index is -4.01. The third-order valence-electron chi connectivity index (χ3n) is 3.89. The van der Waals surface area contributed by atoms with Crippen molar-refractivity contribution in [3.63, 3.8) is 0 Å². The fraction of sp³-hybridized carbons (Fsp3) is 0.167. The second kappa shape index (κ2) is 9.36. The summed E-state index contributed by atoms with van der Waals surface area (Å²) in [7, 11) is -4.01. The Bertz CT molecular complexity index is 1130. The monoisotopic (exact) mass is 516 g/mol. The zero-order chi connectivity index (χ0) is 21.0. The van der Waals surface area contributed by atoms with Crippen molar-refractivity contribution >= 4 is 49.2 Å². The summed E-state index contributed by atoms with van der Waals surface area (Å²) in [6.07, 6.45) is 6.53. The standard InChI is InChI=1S/C18H15BrCl2N4O3S/c19-14-10-24-17(12-5-6-13(29(22,26)27)16(21)15(12)20)18(25-14)28-8-2-4-11-3-1-7-23-9-11/h1,3,5-7,9-10H,2,4,8H2,(H2,22,26,27). The van der Waals surface area contributed by atoms with E-state index in [0.717, 1.165) is 18.4 Å². The highest BCUT2D eigenvalue weighted by atomic mass is 79.9. The van der Waals surface area contributed by atoms with Crippen molar-refractivity contribution < 1.29 is 13.2 Å². The second-order valence-electron chi connectivity index (χ2n) is 5.94. The van der Waals surface area contributed by atoms with E-state index in [1.54, 1.807) is 12.4 Å². The van der Waals surface area contributed by atoms with Crippen LogP contribution in [0.2, 0.25) is 10.0 Å². The molecule has 2 heterocycles. The molecule has 3 rings (SSSR count). The van der Waals surface area contributed by atoms with Crippen LogP contribution in [-0.2, 0) is 16.4 Å². The zero-order valence-corrected chi connectivity index (χ0v) is 18.8. The number of ether oxygens (including phenoxy) is 1. The predicted octanol–water partition coefficient (Wildman–Crippen LogP) is 4.27. The maximum absolute atomic E-state index is 11.6. The van der Waals surface area contributed by atoms with Gasteiger partial charge in [0.15, 0.2) is 0 Å².